The van der Waals surface area contributed by atoms with Crippen LogP contribution in [0.3, 0.4) is 0 Å². The first-order chi connectivity index (χ1) is 8.27. The van der Waals surface area contributed by atoms with Crippen LogP contribution in [0.2, 0.25) is 0 Å². The molecule has 0 saturated heterocycles. The predicted molar refractivity (Wildman–Crippen MR) is 78.2 cm³/mol. The Labute approximate surface area is 110 Å². The van der Waals surface area contributed by atoms with Crippen molar-refractivity contribution in [2.75, 3.05) is 0 Å². The zero-order valence-electron chi connectivity index (χ0n) is 10.7. The topological polar surface area (TPSA) is 0 Å². The summed E-state index contributed by atoms with van der Waals surface area (Å²) >= 11 is 6.32. The molecule has 92 valence electrons. The highest BCUT2D eigenvalue weighted by Crippen LogP contribution is 2.21. The van der Waals surface area contributed by atoms with E-state index in [1.54, 1.807) is 0 Å². The van der Waals surface area contributed by atoms with Crippen LogP contribution in [0.1, 0.15) is 45.1 Å². The van der Waals surface area contributed by atoms with Crippen LogP contribution in [0.15, 0.2) is 47.0 Å². The maximum atomic E-state index is 6.32. The molecule has 17 heavy (non-hydrogen) atoms. The maximum Gasteiger partial charge on any atom is 0.0212 e. The van der Waals surface area contributed by atoms with Gasteiger partial charge >= 0.3 is 0 Å². The molecule has 0 amide bonds. The van der Waals surface area contributed by atoms with Gasteiger partial charge < -0.3 is 0 Å². The molecule has 0 bridgehead atoms. The quantitative estimate of drug-likeness (QED) is 0.559. The number of hydrogen-bond donors (Lipinski definition) is 0. The molecular weight excluding hydrogens is 228 g/mol. The molecular formula is C16H21Cl. The van der Waals surface area contributed by atoms with Gasteiger partial charge in [0.05, 0.1) is 0 Å². The fourth-order valence-electron chi connectivity index (χ4n) is 1.72. The van der Waals surface area contributed by atoms with Crippen LogP contribution < -0.4 is 0 Å². The molecule has 0 fully saturated rings. The third-order valence-electron chi connectivity index (χ3n) is 2.61. The van der Waals surface area contributed by atoms with Gasteiger partial charge in [-0.15, -0.1) is 0 Å². The SMILES string of the molecule is CCC/C(Cl)=C(/C=C/c1ccccc1)CCC. The molecule has 1 aromatic rings. The monoisotopic (exact) mass is 248 g/mol. The Morgan fingerprint density at radius 2 is 1.71 bits per heavy atom. The summed E-state index contributed by atoms with van der Waals surface area (Å²) in [6.45, 7) is 4.35. The second-order valence-electron chi connectivity index (χ2n) is 4.17. The van der Waals surface area contributed by atoms with E-state index in [0.717, 1.165) is 30.7 Å². The van der Waals surface area contributed by atoms with Crippen LogP contribution in [-0.2, 0) is 0 Å². The van der Waals surface area contributed by atoms with Crippen molar-refractivity contribution in [2.24, 2.45) is 0 Å². The summed E-state index contributed by atoms with van der Waals surface area (Å²) in [5.41, 5.74) is 2.50. The van der Waals surface area contributed by atoms with Gasteiger partial charge in [0.15, 0.2) is 0 Å². The molecule has 0 N–H and O–H groups in total. The minimum atomic E-state index is 0.982. The summed E-state index contributed by atoms with van der Waals surface area (Å²) in [4.78, 5) is 0. The first-order valence-electron chi connectivity index (χ1n) is 6.38. The Morgan fingerprint density at radius 3 is 2.29 bits per heavy atom. The minimum absolute atomic E-state index is 0.982. The summed E-state index contributed by atoms with van der Waals surface area (Å²) in [6.07, 6.45) is 8.58. The number of hydrogen-bond acceptors (Lipinski definition) is 0. The third-order valence-corrected chi connectivity index (χ3v) is 3.05. The summed E-state index contributed by atoms with van der Waals surface area (Å²) in [6, 6.07) is 10.3. The summed E-state index contributed by atoms with van der Waals surface area (Å²) in [7, 11) is 0. The van der Waals surface area contributed by atoms with Crippen LogP contribution >= 0.6 is 11.6 Å². The summed E-state index contributed by atoms with van der Waals surface area (Å²) < 4.78 is 0. The van der Waals surface area contributed by atoms with E-state index in [-0.39, 0.29) is 0 Å². The van der Waals surface area contributed by atoms with Gasteiger partial charge in [-0.1, -0.05) is 80.8 Å². The Hall–Kier alpha value is -1.01. The molecule has 0 heterocycles. The van der Waals surface area contributed by atoms with E-state index in [4.69, 9.17) is 11.6 Å². The van der Waals surface area contributed by atoms with Crippen LogP contribution in [0.5, 0.6) is 0 Å². The normalized spacial score (nSPS) is 12.9. The Balaban J connectivity index is 2.80. The van der Waals surface area contributed by atoms with Gasteiger partial charge in [-0.05, 0) is 24.0 Å². The molecule has 1 heteroatoms. The lowest BCUT2D eigenvalue weighted by Gasteiger charge is -2.04. The van der Waals surface area contributed by atoms with Crippen LogP contribution in [0.25, 0.3) is 6.08 Å². The second-order valence-corrected chi connectivity index (χ2v) is 4.63. The number of halogens is 1. The highest BCUT2D eigenvalue weighted by Gasteiger charge is 1.99. The molecule has 0 saturated carbocycles. The maximum absolute atomic E-state index is 6.32. The number of allylic oxidation sites excluding steroid dienone is 3. The lowest BCUT2D eigenvalue weighted by Crippen LogP contribution is -1.84. The van der Waals surface area contributed by atoms with E-state index in [2.05, 4.69) is 50.3 Å². The van der Waals surface area contributed by atoms with E-state index >= 15 is 0 Å². The van der Waals surface area contributed by atoms with E-state index in [9.17, 15) is 0 Å². The van der Waals surface area contributed by atoms with Crippen molar-refractivity contribution in [1.82, 2.24) is 0 Å². The van der Waals surface area contributed by atoms with Crippen molar-refractivity contribution in [1.29, 1.82) is 0 Å². The molecule has 0 unspecified atom stereocenters. The Morgan fingerprint density at radius 1 is 1.06 bits per heavy atom. The molecule has 0 aliphatic carbocycles. The minimum Gasteiger partial charge on any atom is -0.0889 e. The smallest absolute Gasteiger partial charge is 0.0212 e. The van der Waals surface area contributed by atoms with E-state index in [1.165, 1.54) is 11.1 Å². The molecule has 1 aromatic carbocycles. The molecule has 0 nitrogen and oxygen atoms in total. The highest BCUT2D eigenvalue weighted by molar-refractivity contribution is 6.30. The molecule has 0 aliphatic rings. The van der Waals surface area contributed by atoms with Gasteiger partial charge in [0.1, 0.15) is 0 Å². The van der Waals surface area contributed by atoms with E-state index in [0.29, 0.717) is 0 Å². The van der Waals surface area contributed by atoms with Crippen molar-refractivity contribution < 1.29 is 0 Å². The molecule has 1 rings (SSSR count). The van der Waals surface area contributed by atoms with Gasteiger partial charge in [0.2, 0.25) is 0 Å². The zero-order chi connectivity index (χ0) is 12.5. The van der Waals surface area contributed by atoms with Crippen molar-refractivity contribution in [3.8, 4) is 0 Å². The zero-order valence-corrected chi connectivity index (χ0v) is 11.5. The lowest BCUT2D eigenvalue weighted by molar-refractivity contribution is 0.885. The van der Waals surface area contributed by atoms with Gasteiger partial charge in [-0.3, -0.25) is 0 Å². The average molecular weight is 249 g/mol. The molecule has 0 atom stereocenters. The molecule has 0 radical (unpaired) electrons. The van der Waals surface area contributed by atoms with Gasteiger partial charge in [-0.25, -0.2) is 0 Å². The average Bonchev–Trinajstić information content (AvgIpc) is 2.36. The Bertz CT molecular complexity index is 374. The van der Waals surface area contributed by atoms with Gasteiger partial charge in [0, 0.05) is 5.03 Å². The standard InChI is InChI=1S/C16H21Cl/c1-3-8-15(16(17)9-4-2)13-12-14-10-6-5-7-11-14/h5-7,10-13H,3-4,8-9H2,1-2H3/b13-12+,16-15-. The number of rotatable bonds is 6. The third kappa shape index (κ3) is 5.23. The van der Waals surface area contributed by atoms with E-state index in [1.807, 2.05) is 6.07 Å². The van der Waals surface area contributed by atoms with Crippen molar-refractivity contribution >= 4 is 17.7 Å². The van der Waals surface area contributed by atoms with Gasteiger partial charge in [-0.2, -0.15) is 0 Å². The van der Waals surface area contributed by atoms with Crippen LogP contribution in [0.4, 0.5) is 0 Å². The largest absolute Gasteiger partial charge is 0.0889 e. The predicted octanol–water partition coefficient (Wildman–Crippen LogP) is 5.79. The highest BCUT2D eigenvalue weighted by atomic mass is 35.5. The van der Waals surface area contributed by atoms with Crippen LogP contribution in [0, 0.1) is 0 Å². The molecule has 0 aromatic heterocycles. The Kier molecular flexibility index (Phi) is 6.73. The van der Waals surface area contributed by atoms with Crippen LogP contribution in [-0.4, -0.2) is 0 Å². The molecule has 0 spiro atoms. The first kappa shape index (κ1) is 14.1. The first-order valence-corrected chi connectivity index (χ1v) is 6.76. The van der Waals surface area contributed by atoms with Crippen molar-refractivity contribution in [2.45, 2.75) is 39.5 Å². The number of benzene rings is 1. The fraction of sp³-hybridized carbons (Fsp3) is 0.375. The fourth-order valence-corrected chi connectivity index (χ4v) is 2.07. The second kappa shape index (κ2) is 8.14. The summed E-state index contributed by atoms with van der Waals surface area (Å²) in [5.74, 6) is 0. The summed E-state index contributed by atoms with van der Waals surface area (Å²) in [5, 5.41) is 1.02. The molecule has 0 aliphatic heterocycles. The van der Waals surface area contributed by atoms with Crippen molar-refractivity contribution in [3.63, 3.8) is 0 Å². The van der Waals surface area contributed by atoms with Crippen molar-refractivity contribution in [3.05, 3.63) is 52.6 Å². The lowest BCUT2D eigenvalue weighted by atomic mass is 10.1. The van der Waals surface area contributed by atoms with E-state index < -0.39 is 0 Å². The van der Waals surface area contributed by atoms with Gasteiger partial charge in [0.25, 0.3) is 0 Å².